The molecule has 0 radical (unpaired) electrons. The Kier molecular flexibility index (Phi) is 3.41. The second kappa shape index (κ2) is 5.62. The van der Waals surface area contributed by atoms with Crippen molar-refractivity contribution in [3.05, 3.63) is 46.0 Å². The summed E-state index contributed by atoms with van der Waals surface area (Å²) in [7, 11) is 3.06. The molecule has 0 saturated carbocycles. The molecule has 25 heavy (non-hydrogen) atoms. The molecule has 0 bridgehead atoms. The molecule has 0 saturated heterocycles. The van der Waals surface area contributed by atoms with Crippen molar-refractivity contribution < 1.29 is 14.3 Å². The first-order valence-corrected chi connectivity index (χ1v) is 7.60. The van der Waals surface area contributed by atoms with Crippen LogP contribution in [0.1, 0.15) is 23.5 Å². The van der Waals surface area contributed by atoms with Crippen molar-refractivity contribution in [2.75, 3.05) is 19.5 Å². The van der Waals surface area contributed by atoms with Crippen LogP contribution in [0.4, 0.5) is 5.82 Å². The third kappa shape index (κ3) is 2.24. The van der Waals surface area contributed by atoms with Gasteiger partial charge in [0.25, 0.3) is 5.56 Å². The van der Waals surface area contributed by atoms with Gasteiger partial charge in [0.1, 0.15) is 12.1 Å². The average molecular weight is 341 g/mol. The summed E-state index contributed by atoms with van der Waals surface area (Å²) in [4.78, 5) is 31.6. The minimum atomic E-state index is -0.494. The molecule has 2 N–H and O–H groups in total. The predicted molar refractivity (Wildman–Crippen MR) is 88.2 cm³/mol. The van der Waals surface area contributed by atoms with Crippen molar-refractivity contribution in [3.8, 4) is 11.5 Å². The fourth-order valence-electron chi connectivity index (χ4n) is 3.25. The summed E-state index contributed by atoms with van der Waals surface area (Å²) >= 11 is 0. The largest absolute Gasteiger partial charge is 0.493 e. The number of benzene rings is 1. The van der Waals surface area contributed by atoms with E-state index in [0.29, 0.717) is 28.4 Å². The van der Waals surface area contributed by atoms with Gasteiger partial charge in [0.05, 0.1) is 19.8 Å². The van der Waals surface area contributed by atoms with Crippen LogP contribution in [-0.2, 0) is 4.79 Å². The summed E-state index contributed by atoms with van der Waals surface area (Å²) < 4.78 is 12.2. The van der Waals surface area contributed by atoms with Crippen molar-refractivity contribution in [2.45, 2.75) is 12.3 Å². The number of ether oxygens (including phenoxy) is 2. The fraction of sp³-hybridized carbons (Fsp3) is 0.250. The zero-order chi connectivity index (χ0) is 17.6. The molecule has 2 aromatic heterocycles. The molecule has 3 aromatic rings. The monoisotopic (exact) mass is 341 g/mol. The van der Waals surface area contributed by atoms with E-state index in [-0.39, 0.29) is 23.7 Å². The number of para-hydroxylation sites is 1. The highest BCUT2D eigenvalue weighted by Crippen LogP contribution is 2.42. The molecule has 1 aliphatic rings. The predicted octanol–water partition coefficient (Wildman–Crippen LogP) is 0.909. The minimum Gasteiger partial charge on any atom is -0.493 e. The second-order valence-electron chi connectivity index (χ2n) is 5.60. The van der Waals surface area contributed by atoms with E-state index in [1.54, 1.807) is 12.1 Å². The first-order valence-electron chi connectivity index (χ1n) is 7.60. The molecule has 3 heterocycles. The second-order valence-corrected chi connectivity index (χ2v) is 5.60. The van der Waals surface area contributed by atoms with Gasteiger partial charge in [-0.25, -0.2) is 0 Å². The number of rotatable bonds is 3. The summed E-state index contributed by atoms with van der Waals surface area (Å²) in [6.07, 6.45) is 1.42. The summed E-state index contributed by atoms with van der Waals surface area (Å²) in [6, 6.07) is 5.38. The molecular weight excluding hydrogens is 326 g/mol. The van der Waals surface area contributed by atoms with Crippen LogP contribution < -0.4 is 20.3 Å². The van der Waals surface area contributed by atoms with E-state index in [0.717, 1.165) is 0 Å². The zero-order valence-electron chi connectivity index (χ0n) is 13.6. The van der Waals surface area contributed by atoms with Crippen LogP contribution in [0.25, 0.3) is 5.78 Å². The molecule has 1 aliphatic heterocycles. The molecule has 1 atom stereocenters. The lowest BCUT2D eigenvalue weighted by molar-refractivity contribution is -0.116. The first kappa shape index (κ1) is 15.2. The fourth-order valence-corrected chi connectivity index (χ4v) is 3.25. The number of methoxy groups -OCH3 is 2. The van der Waals surface area contributed by atoms with Gasteiger partial charge in [-0.2, -0.15) is 14.6 Å². The summed E-state index contributed by atoms with van der Waals surface area (Å²) in [5, 5.41) is 6.80. The molecule has 0 fully saturated rings. The van der Waals surface area contributed by atoms with Crippen molar-refractivity contribution in [2.24, 2.45) is 0 Å². The Hall–Kier alpha value is -3.36. The number of H-pyrrole nitrogens is 1. The van der Waals surface area contributed by atoms with E-state index in [1.165, 1.54) is 25.1 Å². The number of amides is 1. The number of fused-ring (bicyclic) bond motifs is 3. The molecule has 9 heteroatoms. The Morgan fingerprint density at radius 1 is 1.24 bits per heavy atom. The van der Waals surface area contributed by atoms with E-state index in [1.807, 2.05) is 6.07 Å². The van der Waals surface area contributed by atoms with E-state index in [9.17, 15) is 9.59 Å². The molecule has 0 unspecified atom stereocenters. The van der Waals surface area contributed by atoms with Gasteiger partial charge in [-0.1, -0.05) is 12.1 Å². The van der Waals surface area contributed by atoms with Gasteiger partial charge in [-0.3, -0.25) is 14.6 Å². The maximum atomic E-state index is 12.7. The molecule has 0 spiro atoms. The first-order chi connectivity index (χ1) is 12.1. The normalized spacial score (nSPS) is 16.4. The lowest BCUT2D eigenvalue weighted by Crippen LogP contribution is -2.32. The molecule has 128 valence electrons. The van der Waals surface area contributed by atoms with Crippen LogP contribution >= 0.6 is 0 Å². The number of aromatic nitrogens is 4. The number of aromatic amines is 1. The van der Waals surface area contributed by atoms with Crippen LogP contribution in [0.5, 0.6) is 11.5 Å². The van der Waals surface area contributed by atoms with Gasteiger partial charge in [0.2, 0.25) is 11.7 Å². The van der Waals surface area contributed by atoms with Gasteiger partial charge in [0, 0.05) is 17.9 Å². The van der Waals surface area contributed by atoms with Gasteiger partial charge in [0.15, 0.2) is 11.5 Å². The molecule has 1 aromatic carbocycles. The van der Waals surface area contributed by atoms with Crippen molar-refractivity contribution in [3.63, 3.8) is 0 Å². The smallest absolute Gasteiger partial charge is 0.258 e. The maximum Gasteiger partial charge on any atom is 0.258 e. The van der Waals surface area contributed by atoms with Crippen LogP contribution in [0.15, 0.2) is 29.3 Å². The number of hydrogen-bond acceptors (Lipinski definition) is 6. The molecule has 9 nitrogen and oxygen atoms in total. The Labute approximate surface area is 141 Å². The van der Waals surface area contributed by atoms with Gasteiger partial charge >= 0.3 is 0 Å². The number of carbonyl (C=O) groups is 1. The van der Waals surface area contributed by atoms with Crippen LogP contribution in [0, 0.1) is 0 Å². The van der Waals surface area contributed by atoms with Crippen molar-refractivity contribution in [1.29, 1.82) is 0 Å². The lowest BCUT2D eigenvalue weighted by Gasteiger charge is -2.26. The third-order valence-electron chi connectivity index (χ3n) is 4.29. The Morgan fingerprint density at radius 2 is 2.08 bits per heavy atom. The summed E-state index contributed by atoms with van der Waals surface area (Å²) in [5.41, 5.74) is 0.775. The Balaban J connectivity index is 2.00. The number of anilines is 1. The Morgan fingerprint density at radius 3 is 2.84 bits per heavy atom. The van der Waals surface area contributed by atoms with E-state index >= 15 is 0 Å². The summed E-state index contributed by atoms with van der Waals surface area (Å²) in [5.74, 6) is 0.903. The van der Waals surface area contributed by atoms with E-state index in [2.05, 4.69) is 20.4 Å². The van der Waals surface area contributed by atoms with Gasteiger partial charge < -0.3 is 14.8 Å². The highest BCUT2D eigenvalue weighted by Gasteiger charge is 2.34. The standard InChI is InChI=1S/C16H15N5O4/c1-24-10-5-3-4-8(13(10)25-2)9-6-11(22)19-14-12(9)15(23)20-16-17-7-18-21(14)16/h3-5,7,9H,6H2,1-2H3,(H,19,22)(H,17,18,20,23)/t9-/m1/s1. The van der Waals surface area contributed by atoms with Crippen LogP contribution in [-0.4, -0.2) is 39.7 Å². The Bertz CT molecular complexity index is 1040. The van der Waals surface area contributed by atoms with Crippen LogP contribution in [0.2, 0.25) is 0 Å². The average Bonchev–Trinajstić information content (AvgIpc) is 3.08. The molecule has 1 amide bonds. The topological polar surface area (TPSA) is 111 Å². The van der Waals surface area contributed by atoms with Crippen LogP contribution in [0.3, 0.4) is 0 Å². The van der Waals surface area contributed by atoms with E-state index in [4.69, 9.17) is 9.47 Å². The maximum absolute atomic E-state index is 12.7. The van der Waals surface area contributed by atoms with E-state index < -0.39 is 5.92 Å². The third-order valence-corrected chi connectivity index (χ3v) is 4.29. The summed E-state index contributed by atoms with van der Waals surface area (Å²) in [6.45, 7) is 0. The van der Waals surface area contributed by atoms with Crippen molar-refractivity contribution in [1.82, 2.24) is 19.6 Å². The van der Waals surface area contributed by atoms with Gasteiger partial charge in [-0.15, -0.1) is 0 Å². The molecular formula is C16H15N5O4. The van der Waals surface area contributed by atoms with Crippen molar-refractivity contribution >= 4 is 17.5 Å². The number of nitrogens with zero attached hydrogens (tertiary/aromatic N) is 3. The number of hydrogen-bond donors (Lipinski definition) is 2. The zero-order valence-corrected chi connectivity index (χ0v) is 13.6. The molecule has 0 aliphatic carbocycles. The lowest BCUT2D eigenvalue weighted by atomic mass is 9.86. The quantitative estimate of drug-likeness (QED) is 0.732. The highest BCUT2D eigenvalue weighted by molar-refractivity contribution is 5.94. The minimum absolute atomic E-state index is 0.111. The SMILES string of the molecule is COc1cccc([C@H]2CC(=O)Nc3c2c(=O)[nH]c2ncnn32)c1OC. The van der Waals surface area contributed by atoms with Gasteiger partial charge in [-0.05, 0) is 6.07 Å². The molecule has 4 rings (SSSR count). The number of nitrogens with one attached hydrogen (secondary N) is 2. The highest BCUT2D eigenvalue weighted by atomic mass is 16.5. The number of carbonyl (C=O) groups excluding carboxylic acids is 1.